The van der Waals surface area contributed by atoms with Gasteiger partial charge in [-0.15, -0.1) is 0 Å². The van der Waals surface area contributed by atoms with Crippen LogP contribution in [0.3, 0.4) is 0 Å². The van der Waals surface area contributed by atoms with Gasteiger partial charge >= 0.3 is 5.97 Å². The maximum atomic E-state index is 12.5. The van der Waals surface area contributed by atoms with Gasteiger partial charge in [-0.3, -0.25) is 9.59 Å². The summed E-state index contributed by atoms with van der Waals surface area (Å²) in [4.78, 5) is 23.8. The molecule has 1 aromatic carbocycles. The summed E-state index contributed by atoms with van der Waals surface area (Å²) >= 11 is 6.09. The van der Waals surface area contributed by atoms with E-state index in [-0.39, 0.29) is 24.0 Å². The summed E-state index contributed by atoms with van der Waals surface area (Å²) < 4.78 is 11.9. The highest BCUT2D eigenvalue weighted by atomic mass is 35.5. The van der Waals surface area contributed by atoms with Crippen LogP contribution in [0.4, 0.5) is 0 Å². The Hall–Kier alpha value is -3.06. The summed E-state index contributed by atoms with van der Waals surface area (Å²) in [6, 6.07) is 12.4. The Morgan fingerprint density at radius 2 is 2.11 bits per heavy atom. The van der Waals surface area contributed by atoms with Crippen molar-refractivity contribution in [2.45, 2.75) is 19.8 Å². The van der Waals surface area contributed by atoms with E-state index in [1.807, 2.05) is 6.07 Å². The molecule has 2 aromatic heterocycles. The molecule has 3 rings (SSSR count). The quantitative estimate of drug-likeness (QED) is 0.457. The molecule has 28 heavy (non-hydrogen) atoms. The van der Waals surface area contributed by atoms with Crippen molar-refractivity contribution < 1.29 is 18.7 Å². The molecule has 0 bridgehead atoms. The Bertz CT molecular complexity index is 950. The van der Waals surface area contributed by atoms with Gasteiger partial charge in [-0.2, -0.15) is 5.10 Å². The minimum Gasteiger partial charge on any atom is -0.466 e. The van der Waals surface area contributed by atoms with Crippen molar-refractivity contribution in [2.75, 3.05) is 13.2 Å². The van der Waals surface area contributed by atoms with Gasteiger partial charge in [-0.05, 0) is 43.7 Å². The predicted octanol–water partition coefficient (Wildman–Crippen LogP) is 3.86. The topological polar surface area (TPSA) is 86.4 Å². The first-order valence-electron chi connectivity index (χ1n) is 8.92. The lowest BCUT2D eigenvalue weighted by molar-refractivity contribution is -0.143. The van der Waals surface area contributed by atoms with Gasteiger partial charge in [0.2, 0.25) is 0 Å². The number of aromatic nitrogens is 2. The minimum absolute atomic E-state index is 0.238. The Morgan fingerprint density at radius 1 is 1.25 bits per heavy atom. The summed E-state index contributed by atoms with van der Waals surface area (Å²) in [5.74, 6) is -0.0339. The van der Waals surface area contributed by atoms with Gasteiger partial charge in [0.25, 0.3) is 5.91 Å². The molecule has 2 heterocycles. The van der Waals surface area contributed by atoms with Crippen molar-refractivity contribution in [3.05, 3.63) is 59.4 Å². The third kappa shape index (κ3) is 4.80. The van der Waals surface area contributed by atoms with E-state index in [2.05, 4.69) is 10.4 Å². The van der Waals surface area contributed by atoms with Crippen LogP contribution in [0, 0.1) is 0 Å². The average Bonchev–Trinajstić information content (AvgIpc) is 3.34. The highest BCUT2D eigenvalue weighted by molar-refractivity contribution is 6.30. The van der Waals surface area contributed by atoms with E-state index in [9.17, 15) is 9.59 Å². The number of amides is 1. The van der Waals surface area contributed by atoms with Crippen molar-refractivity contribution >= 4 is 23.5 Å². The molecule has 146 valence electrons. The molecule has 3 aromatic rings. The number of carbonyl (C=O) groups excluding carboxylic acids is 2. The van der Waals surface area contributed by atoms with E-state index in [0.29, 0.717) is 41.7 Å². The lowest BCUT2D eigenvalue weighted by atomic mass is 10.2. The van der Waals surface area contributed by atoms with Crippen LogP contribution in [0.2, 0.25) is 5.02 Å². The number of nitrogens with zero attached hydrogens (tertiary/aromatic N) is 2. The van der Waals surface area contributed by atoms with E-state index in [0.717, 1.165) is 0 Å². The number of hydrogen-bond acceptors (Lipinski definition) is 5. The Labute approximate surface area is 167 Å². The zero-order chi connectivity index (χ0) is 19.9. The number of hydrogen-bond donors (Lipinski definition) is 1. The first kappa shape index (κ1) is 19.7. The van der Waals surface area contributed by atoms with Gasteiger partial charge < -0.3 is 14.5 Å². The summed E-state index contributed by atoms with van der Waals surface area (Å²) in [6.07, 6.45) is 2.30. The van der Waals surface area contributed by atoms with Crippen LogP contribution in [-0.4, -0.2) is 34.8 Å². The second-order valence-corrected chi connectivity index (χ2v) is 6.38. The smallest absolute Gasteiger partial charge is 0.305 e. The van der Waals surface area contributed by atoms with E-state index >= 15 is 0 Å². The summed E-state index contributed by atoms with van der Waals surface area (Å²) in [7, 11) is 0. The Balaban J connectivity index is 1.76. The summed E-state index contributed by atoms with van der Waals surface area (Å²) in [5, 5.41) is 7.74. The first-order chi connectivity index (χ1) is 13.6. The molecule has 0 saturated heterocycles. The number of furan rings is 1. The van der Waals surface area contributed by atoms with E-state index in [1.54, 1.807) is 54.3 Å². The summed E-state index contributed by atoms with van der Waals surface area (Å²) in [6.45, 7) is 2.45. The highest BCUT2D eigenvalue weighted by Gasteiger charge is 2.18. The molecule has 0 atom stereocenters. The second-order valence-electron chi connectivity index (χ2n) is 5.95. The fourth-order valence-corrected chi connectivity index (χ4v) is 2.84. The monoisotopic (exact) mass is 401 g/mol. The van der Waals surface area contributed by atoms with E-state index in [4.69, 9.17) is 20.8 Å². The fraction of sp³-hybridized carbons (Fsp3) is 0.250. The van der Waals surface area contributed by atoms with Crippen LogP contribution >= 0.6 is 11.6 Å². The molecular weight excluding hydrogens is 382 g/mol. The fourth-order valence-electron chi connectivity index (χ4n) is 2.65. The van der Waals surface area contributed by atoms with Gasteiger partial charge in [0, 0.05) is 24.1 Å². The lowest BCUT2D eigenvalue weighted by Crippen LogP contribution is -2.25. The van der Waals surface area contributed by atoms with E-state index in [1.165, 1.54) is 0 Å². The normalized spacial score (nSPS) is 10.6. The minimum atomic E-state index is -0.336. The van der Waals surface area contributed by atoms with Crippen molar-refractivity contribution in [1.82, 2.24) is 15.1 Å². The molecule has 0 aliphatic heterocycles. The van der Waals surface area contributed by atoms with Crippen molar-refractivity contribution in [3.63, 3.8) is 0 Å². The molecule has 8 heteroatoms. The van der Waals surface area contributed by atoms with Gasteiger partial charge in [0.05, 0.1) is 18.6 Å². The molecule has 0 radical (unpaired) electrons. The molecule has 0 aliphatic rings. The van der Waals surface area contributed by atoms with Crippen LogP contribution in [0.1, 0.15) is 30.3 Å². The SMILES string of the molecule is CCOC(=O)CCCNC(=O)c1cc(-c2ccco2)n(-c2cccc(Cl)c2)n1. The number of benzene rings is 1. The number of ether oxygens (including phenoxy) is 1. The number of nitrogens with one attached hydrogen (secondary N) is 1. The Morgan fingerprint density at radius 3 is 2.82 bits per heavy atom. The Kier molecular flexibility index (Phi) is 6.49. The molecular formula is C20H20ClN3O4. The molecule has 0 spiro atoms. The molecule has 7 nitrogen and oxygen atoms in total. The van der Waals surface area contributed by atoms with Gasteiger partial charge in [-0.25, -0.2) is 4.68 Å². The molecule has 1 N–H and O–H groups in total. The van der Waals surface area contributed by atoms with Crippen LogP contribution in [0.5, 0.6) is 0 Å². The number of esters is 1. The zero-order valence-corrected chi connectivity index (χ0v) is 16.1. The third-order valence-corrected chi connectivity index (χ3v) is 4.15. The molecule has 1 amide bonds. The van der Waals surface area contributed by atoms with Gasteiger partial charge in [-0.1, -0.05) is 17.7 Å². The number of halogens is 1. The van der Waals surface area contributed by atoms with Crippen molar-refractivity contribution in [2.24, 2.45) is 0 Å². The third-order valence-electron chi connectivity index (χ3n) is 3.92. The van der Waals surface area contributed by atoms with Crippen molar-refractivity contribution in [3.8, 4) is 17.1 Å². The lowest BCUT2D eigenvalue weighted by Gasteiger charge is -2.06. The first-order valence-corrected chi connectivity index (χ1v) is 9.30. The predicted molar refractivity (Wildman–Crippen MR) is 104 cm³/mol. The van der Waals surface area contributed by atoms with Gasteiger partial charge in [0.1, 0.15) is 5.69 Å². The van der Waals surface area contributed by atoms with Crippen molar-refractivity contribution in [1.29, 1.82) is 0 Å². The largest absolute Gasteiger partial charge is 0.466 e. The highest BCUT2D eigenvalue weighted by Crippen LogP contribution is 2.25. The number of carbonyl (C=O) groups is 2. The van der Waals surface area contributed by atoms with Gasteiger partial charge in [0.15, 0.2) is 11.5 Å². The van der Waals surface area contributed by atoms with Crippen LogP contribution < -0.4 is 5.32 Å². The summed E-state index contributed by atoms with van der Waals surface area (Å²) in [5.41, 5.74) is 1.58. The second kappa shape index (κ2) is 9.23. The van der Waals surface area contributed by atoms with Crippen LogP contribution in [-0.2, 0) is 9.53 Å². The molecule has 0 fully saturated rings. The number of rotatable bonds is 8. The molecule has 0 aliphatic carbocycles. The van der Waals surface area contributed by atoms with Crippen LogP contribution in [0.15, 0.2) is 53.1 Å². The maximum Gasteiger partial charge on any atom is 0.305 e. The van der Waals surface area contributed by atoms with Crippen LogP contribution in [0.25, 0.3) is 17.1 Å². The standard InChI is InChI=1S/C20H20ClN3O4/c1-2-27-19(25)9-4-10-22-20(26)16-13-17(18-8-5-11-28-18)24(23-16)15-7-3-6-14(21)12-15/h3,5-8,11-13H,2,4,9-10H2,1H3,(H,22,26). The maximum absolute atomic E-state index is 12.5. The molecule has 0 saturated carbocycles. The van der Waals surface area contributed by atoms with E-state index < -0.39 is 0 Å². The zero-order valence-electron chi connectivity index (χ0n) is 15.4. The average molecular weight is 402 g/mol. The molecule has 0 unspecified atom stereocenters.